The molecule has 8 heteroatoms. The average molecular weight is 435 g/mol. The van der Waals surface area contributed by atoms with E-state index in [1.165, 1.54) is 0 Å². The Balaban J connectivity index is 1.42. The number of aromatic amines is 1. The SMILES string of the molecule is NC(=O)c1ccc(-c2nnc(-c3cc(-c4ccc5c(c4)OCO5)n[nH]3)c3ccccc23)cc1. The number of nitrogens with zero attached hydrogens (tertiary/aromatic N) is 3. The van der Waals surface area contributed by atoms with Crippen molar-refractivity contribution in [1.82, 2.24) is 20.4 Å². The summed E-state index contributed by atoms with van der Waals surface area (Å²) in [5.41, 5.74) is 10.5. The minimum Gasteiger partial charge on any atom is -0.454 e. The Labute approximate surface area is 188 Å². The van der Waals surface area contributed by atoms with Crippen LogP contribution in [0.2, 0.25) is 0 Å². The van der Waals surface area contributed by atoms with Gasteiger partial charge in [0.05, 0.1) is 11.4 Å². The van der Waals surface area contributed by atoms with E-state index in [-0.39, 0.29) is 6.79 Å². The minimum atomic E-state index is -0.467. The smallest absolute Gasteiger partial charge is 0.248 e. The minimum absolute atomic E-state index is 0.226. The molecule has 3 N–H and O–H groups in total. The second-order valence-corrected chi connectivity index (χ2v) is 7.62. The lowest BCUT2D eigenvalue weighted by Gasteiger charge is -2.09. The predicted molar refractivity (Wildman–Crippen MR) is 123 cm³/mol. The molecule has 2 aromatic heterocycles. The molecule has 1 amide bonds. The van der Waals surface area contributed by atoms with E-state index in [1.807, 2.05) is 60.7 Å². The van der Waals surface area contributed by atoms with Gasteiger partial charge in [0.15, 0.2) is 11.5 Å². The Kier molecular flexibility index (Phi) is 4.29. The van der Waals surface area contributed by atoms with Crippen molar-refractivity contribution in [3.8, 4) is 45.4 Å². The fourth-order valence-electron chi connectivity index (χ4n) is 3.96. The van der Waals surface area contributed by atoms with Crippen LogP contribution in [0.4, 0.5) is 0 Å². The normalized spacial score (nSPS) is 12.2. The maximum Gasteiger partial charge on any atom is 0.248 e. The number of benzene rings is 3. The monoisotopic (exact) mass is 435 g/mol. The van der Waals surface area contributed by atoms with Gasteiger partial charge in [0.2, 0.25) is 12.7 Å². The number of carbonyl (C=O) groups excluding carboxylic acids is 1. The van der Waals surface area contributed by atoms with Gasteiger partial charge in [0.1, 0.15) is 11.4 Å². The summed E-state index contributed by atoms with van der Waals surface area (Å²) in [5.74, 6) is 0.963. The van der Waals surface area contributed by atoms with E-state index in [1.54, 1.807) is 12.1 Å². The molecule has 160 valence electrons. The maximum absolute atomic E-state index is 11.4. The van der Waals surface area contributed by atoms with Crippen molar-refractivity contribution in [1.29, 1.82) is 0 Å². The quantitative estimate of drug-likeness (QED) is 0.437. The molecule has 33 heavy (non-hydrogen) atoms. The van der Waals surface area contributed by atoms with E-state index in [0.717, 1.165) is 44.7 Å². The summed E-state index contributed by atoms with van der Waals surface area (Å²) in [7, 11) is 0. The number of rotatable bonds is 4. The van der Waals surface area contributed by atoms with E-state index < -0.39 is 5.91 Å². The molecular formula is C25H17N5O3. The fourth-order valence-corrected chi connectivity index (χ4v) is 3.96. The molecule has 3 heterocycles. The molecule has 0 bridgehead atoms. The molecule has 8 nitrogen and oxygen atoms in total. The van der Waals surface area contributed by atoms with Gasteiger partial charge < -0.3 is 15.2 Å². The molecule has 0 atom stereocenters. The van der Waals surface area contributed by atoms with Gasteiger partial charge in [-0.05, 0) is 36.4 Å². The Morgan fingerprint density at radius 2 is 1.52 bits per heavy atom. The lowest BCUT2D eigenvalue weighted by molar-refractivity contribution is 0.100. The summed E-state index contributed by atoms with van der Waals surface area (Å²) in [4.78, 5) is 11.4. The number of amides is 1. The number of aromatic nitrogens is 4. The van der Waals surface area contributed by atoms with Crippen molar-refractivity contribution < 1.29 is 14.3 Å². The third-order valence-corrected chi connectivity index (χ3v) is 5.63. The van der Waals surface area contributed by atoms with Crippen LogP contribution in [0.15, 0.2) is 72.8 Å². The summed E-state index contributed by atoms with van der Waals surface area (Å²) >= 11 is 0. The molecule has 6 rings (SSSR count). The van der Waals surface area contributed by atoms with E-state index >= 15 is 0 Å². The van der Waals surface area contributed by atoms with Crippen LogP contribution >= 0.6 is 0 Å². The lowest BCUT2D eigenvalue weighted by atomic mass is 10.0. The zero-order valence-electron chi connectivity index (χ0n) is 17.3. The Hall–Kier alpha value is -4.72. The second kappa shape index (κ2) is 7.45. The van der Waals surface area contributed by atoms with Crippen LogP contribution in [0.25, 0.3) is 44.7 Å². The highest BCUT2D eigenvalue weighted by molar-refractivity contribution is 6.01. The highest BCUT2D eigenvalue weighted by atomic mass is 16.7. The molecule has 0 saturated heterocycles. The molecule has 1 aliphatic heterocycles. The number of H-pyrrole nitrogens is 1. The highest BCUT2D eigenvalue weighted by Crippen LogP contribution is 2.37. The average Bonchev–Trinajstić information content (AvgIpc) is 3.53. The zero-order chi connectivity index (χ0) is 22.4. The molecule has 5 aromatic rings. The summed E-state index contributed by atoms with van der Waals surface area (Å²) < 4.78 is 10.9. The van der Waals surface area contributed by atoms with Gasteiger partial charge in [0, 0.05) is 27.5 Å². The summed E-state index contributed by atoms with van der Waals surface area (Å²) in [6.45, 7) is 0.226. The molecule has 3 aromatic carbocycles. The molecule has 0 aliphatic carbocycles. The van der Waals surface area contributed by atoms with E-state index in [4.69, 9.17) is 15.2 Å². The van der Waals surface area contributed by atoms with Gasteiger partial charge in [-0.25, -0.2) is 0 Å². The molecule has 0 unspecified atom stereocenters. The third-order valence-electron chi connectivity index (χ3n) is 5.63. The Morgan fingerprint density at radius 1 is 0.818 bits per heavy atom. The third kappa shape index (κ3) is 3.25. The Morgan fingerprint density at radius 3 is 2.30 bits per heavy atom. The summed E-state index contributed by atoms with van der Waals surface area (Å²) in [6.07, 6.45) is 0. The first kappa shape index (κ1) is 19.0. The largest absolute Gasteiger partial charge is 0.454 e. The van der Waals surface area contributed by atoms with Crippen molar-refractivity contribution >= 4 is 16.7 Å². The van der Waals surface area contributed by atoms with Crippen LogP contribution in [0.3, 0.4) is 0 Å². The van der Waals surface area contributed by atoms with Crippen LogP contribution in [-0.4, -0.2) is 33.1 Å². The number of carbonyl (C=O) groups is 1. The molecule has 0 fully saturated rings. The molecule has 0 spiro atoms. The van der Waals surface area contributed by atoms with Gasteiger partial charge in [-0.3, -0.25) is 9.89 Å². The van der Waals surface area contributed by atoms with Gasteiger partial charge in [-0.1, -0.05) is 36.4 Å². The van der Waals surface area contributed by atoms with E-state index in [0.29, 0.717) is 17.0 Å². The first-order chi connectivity index (χ1) is 16.2. The summed E-state index contributed by atoms with van der Waals surface area (Å²) in [6, 6.07) is 22.6. The van der Waals surface area contributed by atoms with Crippen LogP contribution < -0.4 is 15.2 Å². The van der Waals surface area contributed by atoms with E-state index in [9.17, 15) is 4.79 Å². The number of ether oxygens (including phenoxy) is 2. The van der Waals surface area contributed by atoms with E-state index in [2.05, 4.69) is 20.4 Å². The van der Waals surface area contributed by atoms with Gasteiger partial charge in [-0.15, -0.1) is 10.2 Å². The second-order valence-electron chi connectivity index (χ2n) is 7.62. The highest BCUT2D eigenvalue weighted by Gasteiger charge is 2.17. The van der Waals surface area contributed by atoms with Crippen molar-refractivity contribution in [2.24, 2.45) is 5.73 Å². The number of hydrogen-bond donors (Lipinski definition) is 2. The van der Waals surface area contributed by atoms with Crippen LogP contribution in [0, 0.1) is 0 Å². The maximum atomic E-state index is 11.4. The number of nitrogens with one attached hydrogen (secondary N) is 1. The number of hydrogen-bond acceptors (Lipinski definition) is 6. The molecule has 0 saturated carbocycles. The van der Waals surface area contributed by atoms with Crippen LogP contribution in [0.5, 0.6) is 11.5 Å². The first-order valence-corrected chi connectivity index (χ1v) is 10.3. The van der Waals surface area contributed by atoms with Crippen molar-refractivity contribution in [3.63, 3.8) is 0 Å². The molecule has 1 aliphatic rings. The zero-order valence-corrected chi connectivity index (χ0v) is 17.3. The Bertz CT molecular complexity index is 1530. The van der Waals surface area contributed by atoms with Gasteiger partial charge >= 0.3 is 0 Å². The number of primary amides is 1. The standard InChI is InChI=1S/C25H17N5O3/c26-25(31)15-7-5-14(6-8-15)23-17-3-1-2-4-18(17)24(30-29-23)20-12-19(27-28-20)16-9-10-21-22(11-16)33-13-32-21/h1-12H,13H2,(H2,26,31)(H,27,28). The van der Waals surface area contributed by atoms with Crippen LogP contribution in [0.1, 0.15) is 10.4 Å². The number of fused-ring (bicyclic) bond motifs is 2. The van der Waals surface area contributed by atoms with Crippen molar-refractivity contribution in [3.05, 3.63) is 78.4 Å². The van der Waals surface area contributed by atoms with Crippen molar-refractivity contribution in [2.45, 2.75) is 0 Å². The predicted octanol–water partition coefficient (Wildman–Crippen LogP) is 4.18. The molecular weight excluding hydrogens is 418 g/mol. The topological polar surface area (TPSA) is 116 Å². The lowest BCUT2D eigenvalue weighted by Crippen LogP contribution is -2.10. The van der Waals surface area contributed by atoms with Gasteiger partial charge in [-0.2, -0.15) is 5.10 Å². The fraction of sp³-hybridized carbons (Fsp3) is 0.0400. The van der Waals surface area contributed by atoms with Gasteiger partial charge in [0.25, 0.3) is 0 Å². The molecule has 0 radical (unpaired) electrons. The van der Waals surface area contributed by atoms with Crippen LogP contribution in [-0.2, 0) is 0 Å². The van der Waals surface area contributed by atoms with Crippen molar-refractivity contribution in [2.75, 3.05) is 6.79 Å². The number of nitrogens with two attached hydrogens (primary N) is 1. The first-order valence-electron chi connectivity index (χ1n) is 10.3. The summed E-state index contributed by atoms with van der Waals surface area (Å²) in [5, 5.41) is 18.4.